The van der Waals surface area contributed by atoms with Gasteiger partial charge in [0.25, 0.3) is 5.91 Å². The second-order valence-corrected chi connectivity index (χ2v) is 14.6. The van der Waals surface area contributed by atoms with Crippen molar-refractivity contribution in [3.63, 3.8) is 0 Å². The number of hydrogen-bond acceptors (Lipinski definition) is 6. The number of carbonyl (C=O) groups is 6. The Morgan fingerprint density at radius 2 is 1.24 bits per heavy atom. The van der Waals surface area contributed by atoms with E-state index in [1.54, 1.807) is 0 Å². The van der Waals surface area contributed by atoms with Crippen LogP contribution in [0.3, 0.4) is 0 Å². The number of fused-ring (bicyclic) bond motifs is 17. The van der Waals surface area contributed by atoms with Gasteiger partial charge >= 0.3 is 0 Å². The van der Waals surface area contributed by atoms with Crippen LogP contribution in [0, 0.1) is 5.92 Å². The number of hydrogen-bond donors (Lipinski definition) is 6. The lowest BCUT2D eigenvalue weighted by Gasteiger charge is -2.28. The Morgan fingerprint density at radius 1 is 0.621 bits per heavy atom. The maximum absolute atomic E-state index is 14.5. The van der Waals surface area contributed by atoms with E-state index in [0.29, 0.717) is 18.4 Å². The molecule has 2 aliphatic heterocycles. The minimum Gasteiger partial charge on any atom is -0.368 e. The Balaban J connectivity index is 1.34. The summed E-state index contributed by atoms with van der Waals surface area (Å²) in [5.41, 5.74) is 10.1. The van der Waals surface area contributed by atoms with Gasteiger partial charge in [-0.2, -0.15) is 0 Å². The molecule has 58 heavy (non-hydrogen) atoms. The van der Waals surface area contributed by atoms with E-state index in [-0.39, 0.29) is 43.7 Å². The topological polar surface area (TPSA) is 189 Å². The van der Waals surface area contributed by atoms with Crippen LogP contribution in [0.4, 0.5) is 0 Å². The molecule has 7 N–H and O–H groups in total. The molecule has 0 saturated heterocycles. The summed E-state index contributed by atoms with van der Waals surface area (Å²) >= 11 is 0. The maximum atomic E-state index is 14.5. The van der Waals surface area contributed by atoms with Crippen molar-refractivity contribution in [2.75, 3.05) is 6.54 Å². The van der Waals surface area contributed by atoms with Crippen LogP contribution in [0.25, 0.3) is 11.1 Å². The van der Waals surface area contributed by atoms with Gasteiger partial charge in [0.1, 0.15) is 24.2 Å². The van der Waals surface area contributed by atoms with Gasteiger partial charge in [-0.25, -0.2) is 0 Å². The number of carbonyl (C=O) groups excluding carboxylic acids is 6. The van der Waals surface area contributed by atoms with E-state index in [1.165, 1.54) is 24.3 Å². The number of nitrogens with one attached hydrogen (secondary N) is 5. The van der Waals surface area contributed by atoms with E-state index < -0.39 is 59.6 Å². The molecule has 12 heteroatoms. The Morgan fingerprint density at radius 3 is 1.91 bits per heavy atom. The first-order chi connectivity index (χ1) is 28.1. The molecule has 5 atom stereocenters. The monoisotopic (exact) mass is 780 g/mol. The molecule has 2 heterocycles. The maximum Gasteiger partial charge on any atom is 0.251 e. The van der Waals surface area contributed by atoms with E-state index in [2.05, 4.69) is 26.6 Å². The van der Waals surface area contributed by atoms with Crippen LogP contribution in [0.1, 0.15) is 58.8 Å². The molecule has 7 rings (SSSR count). The average Bonchev–Trinajstić information content (AvgIpc) is 3.24. The van der Waals surface area contributed by atoms with Crippen molar-refractivity contribution in [3.8, 4) is 11.1 Å². The van der Waals surface area contributed by atoms with Gasteiger partial charge < -0.3 is 32.3 Å². The third kappa shape index (κ3) is 11.4. The summed E-state index contributed by atoms with van der Waals surface area (Å²) in [5, 5.41) is 14.0. The number of rotatable bonds is 9. The molecular formula is C46H48N6O6. The van der Waals surface area contributed by atoms with E-state index in [9.17, 15) is 28.8 Å². The third-order valence-electron chi connectivity index (χ3n) is 10.3. The number of allylic oxidation sites excluding steroid dienone is 4. The fraction of sp³-hybridized carbons (Fsp3) is 0.261. The molecule has 6 amide bonds. The highest BCUT2D eigenvalue weighted by Gasteiger charge is 2.33. The van der Waals surface area contributed by atoms with E-state index >= 15 is 0 Å². The molecule has 12 nitrogen and oxygen atoms in total. The van der Waals surface area contributed by atoms with Crippen molar-refractivity contribution in [2.24, 2.45) is 11.7 Å². The predicted molar refractivity (Wildman–Crippen MR) is 221 cm³/mol. The molecule has 4 aromatic carbocycles. The zero-order valence-electron chi connectivity index (χ0n) is 32.1. The van der Waals surface area contributed by atoms with Crippen molar-refractivity contribution in [1.29, 1.82) is 0 Å². The van der Waals surface area contributed by atoms with Gasteiger partial charge in [-0.05, 0) is 71.6 Å². The van der Waals surface area contributed by atoms with Crippen molar-refractivity contribution in [3.05, 3.63) is 156 Å². The van der Waals surface area contributed by atoms with E-state index in [4.69, 9.17) is 5.73 Å². The fourth-order valence-electron chi connectivity index (χ4n) is 7.07. The third-order valence-corrected chi connectivity index (χ3v) is 10.3. The molecule has 0 saturated carbocycles. The lowest BCUT2D eigenvalue weighted by Crippen LogP contribution is -2.58. The van der Waals surface area contributed by atoms with E-state index in [0.717, 1.165) is 22.3 Å². The average molecular weight is 781 g/mol. The summed E-state index contributed by atoms with van der Waals surface area (Å²) in [4.78, 5) is 81.8. The van der Waals surface area contributed by atoms with Gasteiger partial charge in [0.05, 0.1) is 0 Å². The van der Waals surface area contributed by atoms with E-state index in [1.807, 2.05) is 109 Å². The molecule has 2 unspecified atom stereocenters. The zero-order valence-corrected chi connectivity index (χ0v) is 32.1. The molecular weight excluding hydrogens is 733 g/mol. The first-order valence-electron chi connectivity index (χ1n) is 19.5. The van der Waals surface area contributed by atoms with Crippen molar-refractivity contribution in [2.45, 2.75) is 62.7 Å². The molecule has 298 valence electrons. The number of amides is 6. The van der Waals surface area contributed by atoms with Crippen LogP contribution in [0.2, 0.25) is 0 Å². The van der Waals surface area contributed by atoms with Crippen molar-refractivity contribution < 1.29 is 28.8 Å². The minimum absolute atomic E-state index is 0.0171. The highest BCUT2D eigenvalue weighted by atomic mass is 16.2. The molecule has 2 bridgehead atoms. The summed E-state index contributed by atoms with van der Waals surface area (Å²) in [7, 11) is 0. The summed E-state index contributed by atoms with van der Waals surface area (Å²) in [6.45, 7) is -0.0171. The highest BCUT2D eigenvalue weighted by Crippen LogP contribution is 2.22. The van der Waals surface area contributed by atoms with Crippen LogP contribution < -0.4 is 32.3 Å². The Labute approximate surface area is 337 Å². The highest BCUT2D eigenvalue weighted by molar-refractivity contribution is 5.97. The van der Waals surface area contributed by atoms with Crippen molar-refractivity contribution in [1.82, 2.24) is 26.6 Å². The Kier molecular flexibility index (Phi) is 14.0. The van der Waals surface area contributed by atoms with Gasteiger partial charge in [-0.3, -0.25) is 28.8 Å². The van der Waals surface area contributed by atoms with Crippen LogP contribution >= 0.6 is 0 Å². The first-order valence-corrected chi connectivity index (χ1v) is 19.5. The molecule has 0 fully saturated rings. The molecule has 3 aliphatic rings. The van der Waals surface area contributed by atoms with Gasteiger partial charge in [0.15, 0.2) is 0 Å². The van der Waals surface area contributed by atoms with Crippen LogP contribution in [0.5, 0.6) is 0 Å². The number of nitrogens with two attached hydrogens (primary N) is 1. The quantitative estimate of drug-likeness (QED) is 0.139. The van der Waals surface area contributed by atoms with Crippen LogP contribution in [-0.2, 0) is 36.8 Å². The second-order valence-electron chi connectivity index (χ2n) is 14.6. The standard InChI is InChI=1S/C46H48N6O6/c47-42(54)41-35-21-23-36(24-22-35)43(55)48-27-26-40(53)49-37(25-18-30-10-4-1-5-11-30)44(56)50-38(29-32-16-19-34(20-17-32)33-14-8-3-9-15-33)45(57)51-39(46(58)52-41)28-31-12-6-2-7-13-31/h1-12,14-17,19-24,31,37-39,41H,13,18,25-29H2,(H2,47,54)(H,48,55)(H,49,53)(H,50,56)(H,51,57)(H,52,58)/t31?,37-,38+,39-,41?/m1/s1. The number of aryl methyl sites for hydroxylation is 1. The summed E-state index contributed by atoms with van der Waals surface area (Å²) < 4.78 is 0. The molecule has 0 radical (unpaired) electrons. The van der Waals surface area contributed by atoms with Crippen LogP contribution in [-0.4, -0.2) is 60.1 Å². The molecule has 1 aliphatic carbocycles. The summed E-state index contributed by atoms with van der Waals surface area (Å²) in [6, 6.07) is 28.4. The van der Waals surface area contributed by atoms with Gasteiger partial charge in [-0.15, -0.1) is 0 Å². The number of primary amides is 1. The minimum atomic E-state index is -1.27. The first kappa shape index (κ1) is 40.8. The summed E-state index contributed by atoms with van der Waals surface area (Å²) in [5.74, 6) is -3.74. The normalized spacial score (nSPS) is 21.9. The molecule has 0 spiro atoms. The zero-order chi connectivity index (χ0) is 40.9. The lowest BCUT2D eigenvalue weighted by atomic mass is 9.92. The number of benzene rings is 4. The molecule has 0 aromatic heterocycles. The second kappa shape index (κ2) is 19.9. The van der Waals surface area contributed by atoms with Crippen molar-refractivity contribution >= 4 is 35.4 Å². The smallest absolute Gasteiger partial charge is 0.251 e. The predicted octanol–water partition coefficient (Wildman–Crippen LogP) is 3.98. The van der Waals surface area contributed by atoms with Gasteiger partial charge in [0, 0.05) is 24.9 Å². The van der Waals surface area contributed by atoms with Gasteiger partial charge in [0.2, 0.25) is 29.5 Å². The lowest BCUT2D eigenvalue weighted by molar-refractivity contribution is -0.134. The Bertz CT molecular complexity index is 2140. The van der Waals surface area contributed by atoms with Crippen LogP contribution in [0.15, 0.2) is 133 Å². The largest absolute Gasteiger partial charge is 0.368 e. The van der Waals surface area contributed by atoms with Gasteiger partial charge in [-0.1, -0.05) is 121 Å². The summed E-state index contributed by atoms with van der Waals surface area (Å²) in [6.07, 6.45) is 9.12. The molecule has 4 aromatic rings. The SMILES string of the molecule is NC(=O)C1NC(=O)[C@@H](CC2C=CC=CC2)NC(=O)[C@H](Cc2ccc(-c3ccccc3)cc2)NC(=O)[C@@H](CCc2ccccc2)NC(=O)CCNC(=O)c2ccc1cc2. The Hall–Kier alpha value is -6.82. The fourth-order valence-corrected chi connectivity index (χ4v) is 7.07.